The second kappa shape index (κ2) is 11.2. The number of carboxylic acid groups (broad SMARTS) is 1. The lowest BCUT2D eigenvalue weighted by molar-refractivity contribution is -0.139. The lowest BCUT2D eigenvalue weighted by atomic mass is 10.0. The molecule has 10 heteroatoms. The van der Waals surface area contributed by atoms with E-state index in [0.717, 1.165) is 0 Å². The highest BCUT2D eigenvalue weighted by Crippen LogP contribution is 2.19. The minimum Gasteiger partial charge on any atom is -0.508 e. The minimum atomic E-state index is -1.31. The fraction of sp³-hybridized carbons (Fsp3) is 0.333. The Bertz CT molecular complexity index is 1050. The number of para-hydroxylation sites is 1. The fourth-order valence-corrected chi connectivity index (χ4v) is 3.49. The van der Waals surface area contributed by atoms with Crippen LogP contribution < -0.4 is 20.7 Å². The average molecular weight is 469 g/mol. The molecule has 180 valence electrons. The third-order valence-corrected chi connectivity index (χ3v) is 5.30. The molecule has 0 bridgehead atoms. The Kier molecular flexibility index (Phi) is 8.07. The van der Waals surface area contributed by atoms with Gasteiger partial charge in [0.1, 0.15) is 30.2 Å². The van der Waals surface area contributed by atoms with Gasteiger partial charge in [-0.1, -0.05) is 24.3 Å². The third-order valence-electron chi connectivity index (χ3n) is 5.30. The van der Waals surface area contributed by atoms with Crippen LogP contribution in [0.3, 0.4) is 0 Å². The largest absolute Gasteiger partial charge is 0.508 e. The van der Waals surface area contributed by atoms with E-state index in [1.54, 1.807) is 37.3 Å². The van der Waals surface area contributed by atoms with E-state index in [1.165, 1.54) is 18.2 Å². The van der Waals surface area contributed by atoms with Gasteiger partial charge >= 0.3 is 5.97 Å². The maximum absolute atomic E-state index is 13.0. The summed E-state index contributed by atoms with van der Waals surface area (Å²) in [5.41, 5.74) is 0.862. The van der Waals surface area contributed by atoms with Crippen LogP contribution in [0.4, 0.5) is 0 Å². The van der Waals surface area contributed by atoms with Crippen molar-refractivity contribution in [2.75, 3.05) is 6.61 Å². The van der Waals surface area contributed by atoms with Crippen LogP contribution in [0.25, 0.3) is 0 Å². The predicted octanol–water partition coefficient (Wildman–Crippen LogP) is 0.980. The number of hydrogen-bond acceptors (Lipinski definition) is 6. The van der Waals surface area contributed by atoms with Crippen molar-refractivity contribution in [2.24, 2.45) is 0 Å². The molecule has 0 fully saturated rings. The summed E-state index contributed by atoms with van der Waals surface area (Å²) in [5, 5.41) is 26.9. The molecule has 0 spiro atoms. The van der Waals surface area contributed by atoms with Crippen LogP contribution in [0.1, 0.15) is 35.7 Å². The number of aromatic hydroxyl groups is 1. The third kappa shape index (κ3) is 6.71. The van der Waals surface area contributed by atoms with E-state index in [1.807, 2.05) is 0 Å². The number of ether oxygens (including phenoxy) is 1. The summed E-state index contributed by atoms with van der Waals surface area (Å²) >= 11 is 0. The van der Waals surface area contributed by atoms with E-state index >= 15 is 0 Å². The molecule has 0 saturated heterocycles. The Hall–Kier alpha value is -4.08. The van der Waals surface area contributed by atoms with Gasteiger partial charge in [0, 0.05) is 12.8 Å². The molecule has 5 N–H and O–H groups in total. The number of rotatable bonds is 3. The van der Waals surface area contributed by atoms with Gasteiger partial charge in [0.05, 0.1) is 11.6 Å². The highest BCUT2D eigenvalue weighted by molar-refractivity contribution is 5.99. The second-order valence-electron chi connectivity index (χ2n) is 8.11. The van der Waals surface area contributed by atoms with Crippen LogP contribution in [-0.4, -0.2) is 58.6 Å². The van der Waals surface area contributed by atoms with Crippen molar-refractivity contribution in [1.82, 2.24) is 16.0 Å². The molecule has 1 heterocycles. The zero-order chi connectivity index (χ0) is 24.7. The summed E-state index contributed by atoms with van der Waals surface area (Å²) in [6.45, 7) is 1.76. The minimum absolute atomic E-state index is 0.0399. The molecular weight excluding hydrogens is 442 g/mol. The maximum Gasteiger partial charge on any atom is 0.326 e. The molecule has 3 atom stereocenters. The smallest absolute Gasteiger partial charge is 0.326 e. The molecule has 0 aromatic heterocycles. The number of hydrogen-bond donors (Lipinski definition) is 5. The molecule has 2 aromatic rings. The molecule has 1 aliphatic heterocycles. The van der Waals surface area contributed by atoms with E-state index < -0.39 is 41.8 Å². The Labute approximate surface area is 196 Å². The van der Waals surface area contributed by atoms with Crippen LogP contribution in [0, 0.1) is 0 Å². The molecule has 0 unspecified atom stereocenters. The summed E-state index contributed by atoms with van der Waals surface area (Å²) in [6.07, 6.45) is -0.225. The summed E-state index contributed by atoms with van der Waals surface area (Å²) in [5.74, 6) is -2.57. The van der Waals surface area contributed by atoms with Crippen molar-refractivity contribution < 1.29 is 34.1 Å². The Balaban J connectivity index is 1.85. The van der Waals surface area contributed by atoms with Crippen molar-refractivity contribution >= 4 is 23.7 Å². The van der Waals surface area contributed by atoms with Gasteiger partial charge in [-0.2, -0.15) is 0 Å². The monoisotopic (exact) mass is 469 g/mol. The highest BCUT2D eigenvalue weighted by Gasteiger charge is 2.27. The lowest BCUT2D eigenvalue weighted by Crippen LogP contribution is -2.51. The first-order valence-corrected chi connectivity index (χ1v) is 10.9. The molecule has 0 radical (unpaired) electrons. The van der Waals surface area contributed by atoms with Gasteiger partial charge in [-0.25, -0.2) is 4.79 Å². The van der Waals surface area contributed by atoms with Crippen LogP contribution >= 0.6 is 0 Å². The van der Waals surface area contributed by atoms with E-state index in [9.17, 15) is 29.4 Å². The van der Waals surface area contributed by atoms with Gasteiger partial charge in [0.15, 0.2) is 0 Å². The van der Waals surface area contributed by atoms with Crippen molar-refractivity contribution in [3.8, 4) is 11.5 Å². The number of benzene rings is 2. The number of amides is 3. The normalized spacial score (nSPS) is 22.0. The van der Waals surface area contributed by atoms with Gasteiger partial charge in [-0.3, -0.25) is 14.4 Å². The number of nitrogens with one attached hydrogen (secondary N) is 3. The van der Waals surface area contributed by atoms with Gasteiger partial charge in [-0.05, 0) is 43.2 Å². The van der Waals surface area contributed by atoms with Crippen LogP contribution in [0.5, 0.6) is 11.5 Å². The van der Waals surface area contributed by atoms with E-state index in [0.29, 0.717) is 5.56 Å². The maximum atomic E-state index is 13.0. The number of phenols is 1. The number of aliphatic carboxylic acids is 1. The predicted molar refractivity (Wildman–Crippen MR) is 121 cm³/mol. The second-order valence-corrected chi connectivity index (χ2v) is 8.11. The first-order valence-electron chi connectivity index (χ1n) is 10.9. The first kappa shape index (κ1) is 24.6. The van der Waals surface area contributed by atoms with Crippen LogP contribution in [-0.2, 0) is 20.8 Å². The zero-order valence-electron chi connectivity index (χ0n) is 18.6. The Morgan fingerprint density at radius 1 is 1.03 bits per heavy atom. The number of phenolic OH excluding ortho intramolecular Hbond substituents is 1. The standard InChI is InChI=1S/C24H27N3O7/c1-14-13-34-20-5-3-2-4-17(20)22(30)27-18(24(32)33)10-11-21(29)26-19(23(31)25-14)12-15-6-8-16(28)9-7-15/h2-9,14,18-19,28H,10-13H2,1H3,(H,25,31)(H,26,29)(H,27,30)(H,32,33)/t14-,18+,19+/m1/s1. The summed E-state index contributed by atoms with van der Waals surface area (Å²) in [4.78, 5) is 49.9. The lowest BCUT2D eigenvalue weighted by Gasteiger charge is -2.22. The SMILES string of the molecule is C[C@@H]1COc2ccccc2C(=O)N[C@H](C(=O)O)CCC(=O)N[C@@H](Cc2ccc(O)cc2)C(=O)N1. The van der Waals surface area contributed by atoms with Crippen LogP contribution in [0.2, 0.25) is 0 Å². The molecule has 3 amide bonds. The first-order chi connectivity index (χ1) is 16.2. The molecule has 34 heavy (non-hydrogen) atoms. The average Bonchev–Trinajstić information content (AvgIpc) is 2.80. The summed E-state index contributed by atoms with van der Waals surface area (Å²) in [7, 11) is 0. The van der Waals surface area contributed by atoms with E-state index in [-0.39, 0.29) is 42.9 Å². The van der Waals surface area contributed by atoms with Gasteiger partial charge in [0.2, 0.25) is 11.8 Å². The number of carboxylic acids is 1. The van der Waals surface area contributed by atoms with Crippen LogP contribution in [0.15, 0.2) is 48.5 Å². The summed E-state index contributed by atoms with van der Waals surface area (Å²) < 4.78 is 5.74. The Morgan fingerprint density at radius 2 is 1.74 bits per heavy atom. The van der Waals surface area contributed by atoms with Crippen molar-refractivity contribution in [3.05, 3.63) is 59.7 Å². The van der Waals surface area contributed by atoms with E-state index in [4.69, 9.17) is 4.74 Å². The molecule has 3 rings (SSSR count). The topological polar surface area (TPSA) is 154 Å². The highest BCUT2D eigenvalue weighted by atomic mass is 16.5. The summed E-state index contributed by atoms with van der Waals surface area (Å²) in [6, 6.07) is 9.93. The molecular formula is C24H27N3O7. The van der Waals surface area contributed by atoms with Crippen molar-refractivity contribution in [1.29, 1.82) is 0 Å². The number of carbonyl (C=O) groups excluding carboxylic acids is 3. The quantitative estimate of drug-likeness (QED) is 0.449. The zero-order valence-corrected chi connectivity index (χ0v) is 18.6. The number of fused-ring (bicyclic) bond motifs is 1. The van der Waals surface area contributed by atoms with Gasteiger partial charge in [0.25, 0.3) is 5.91 Å². The van der Waals surface area contributed by atoms with Crippen molar-refractivity contribution in [2.45, 2.75) is 44.3 Å². The molecule has 10 nitrogen and oxygen atoms in total. The fourth-order valence-electron chi connectivity index (χ4n) is 3.49. The number of carbonyl (C=O) groups is 4. The molecule has 1 aliphatic rings. The molecule has 0 saturated carbocycles. The van der Waals surface area contributed by atoms with Gasteiger partial charge in [-0.15, -0.1) is 0 Å². The molecule has 2 aromatic carbocycles. The Morgan fingerprint density at radius 3 is 2.44 bits per heavy atom. The van der Waals surface area contributed by atoms with Gasteiger partial charge < -0.3 is 30.9 Å². The molecule has 0 aliphatic carbocycles. The van der Waals surface area contributed by atoms with E-state index in [2.05, 4.69) is 16.0 Å². The van der Waals surface area contributed by atoms with Crippen molar-refractivity contribution in [3.63, 3.8) is 0 Å².